The van der Waals surface area contributed by atoms with E-state index >= 15 is 0 Å². The average Bonchev–Trinajstić information content (AvgIpc) is 3.15. The van der Waals surface area contributed by atoms with Crippen LogP contribution in [0.5, 0.6) is 0 Å². The Labute approximate surface area is 157 Å². The lowest BCUT2D eigenvalue weighted by Crippen LogP contribution is -2.24. The summed E-state index contributed by atoms with van der Waals surface area (Å²) >= 11 is 0. The van der Waals surface area contributed by atoms with E-state index in [1.54, 1.807) is 6.20 Å². The van der Waals surface area contributed by atoms with Crippen molar-refractivity contribution in [2.75, 3.05) is 10.6 Å². The van der Waals surface area contributed by atoms with Gasteiger partial charge in [0.25, 0.3) is 0 Å². The molecular weight excluding hydrogens is 340 g/mol. The first-order valence-electron chi connectivity index (χ1n) is 8.83. The van der Waals surface area contributed by atoms with Crippen LogP contribution in [0, 0.1) is 6.92 Å². The first kappa shape index (κ1) is 17.0. The fraction of sp³-hybridized carbons (Fsp3) is 0.190. The molecule has 2 N–H and O–H groups in total. The van der Waals surface area contributed by atoms with Crippen LogP contribution in [-0.2, 0) is 9.59 Å². The molecule has 1 unspecified atom stereocenters. The number of benzene rings is 2. The van der Waals surface area contributed by atoms with Crippen LogP contribution in [0.15, 0.2) is 54.9 Å². The van der Waals surface area contributed by atoms with Gasteiger partial charge in [0.1, 0.15) is 0 Å². The molecule has 27 heavy (non-hydrogen) atoms. The molecule has 2 aromatic carbocycles. The van der Waals surface area contributed by atoms with Gasteiger partial charge >= 0.3 is 0 Å². The Kier molecular flexibility index (Phi) is 4.24. The highest BCUT2D eigenvalue weighted by molar-refractivity contribution is 5.97. The molecule has 4 rings (SSSR count). The van der Waals surface area contributed by atoms with Gasteiger partial charge in [-0.15, -0.1) is 0 Å². The van der Waals surface area contributed by atoms with Crippen LogP contribution in [-0.4, -0.2) is 21.6 Å². The zero-order chi connectivity index (χ0) is 19.0. The van der Waals surface area contributed by atoms with Gasteiger partial charge in [0.15, 0.2) is 0 Å². The Balaban J connectivity index is 1.72. The number of aromatic nitrogens is 2. The van der Waals surface area contributed by atoms with E-state index in [4.69, 9.17) is 0 Å². The molecule has 1 aliphatic heterocycles. The molecule has 136 valence electrons. The monoisotopic (exact) mass is 360 g/mol. The summed E-state index contributed by atoms with van der Waals surface area (Å²) in [6, 6.07) is 13.7. The minimum absolute atomic E-state index is 0.0215. The van der Waals surface area contributed by atoms with E-state index in [0.29, 0.717) is 12.1 Å². The lowest BCUT2D eigenvalue weighted by atomic mass is 9.82. The second-order valence-corrected chi connectivity index (χ2v) is 6.78. The molecule has 0 spiro atoms. The van der Waals surface area contributed by atoms with E-state index in [1.807, 2.05) is 41.2 Å². The Morgan fingerprint density at radius 1 is 1.22 bits per heavy atom. The van der Waals surface area contributed by atoms with Gasteiger partial charge in [-0.05, 0) is 53.9 Å². The van der Waals surface area contributed by atoms with Crippen molar-refractivity contribution < 1.29 is 9.59 Å². The van der Waals surface area contributed by atoms with E-state index < -0.39 is 0 Å². The maximum atomic E-state index is 12.3. The summed E-state index contributed by atoms with van der Waals surface area (Å²) in [5, 5.41) is 9.95. The minimum atomic E-state index is -0.140. The fourth-order valence-electron chi connectivity index (χ4n) is 3.64. The van der Waals surface area contributed by atoms with Crippen molar-refractivity contribution in [3.8, 4) is 5.69 Å². The molecule has 0 radical (unpaired) electrons. The number of hydrogen-bond donors (Lipinski definition) is 2. The Hall–Kier alpha value is -3.41. The van der Waals surface area contributed by atoms with Crippen LogP contribution in [0.1, 0.15) is 36.0 Å². The highest BCUT2D eigenvalue weighted by Gasteiger charge is 2.27. The number of aryl methyl sites for hydroxylation is 1. The summed E-state index contributed by atoms with van der Waals surface area (Å²) in [7, 11) is 0. The van der Waals surface area contributed by atoms with E-state index in [-0.39, 0.29) is 17.7 Å². The third kappa shape index (κ3) is 3.33. The van der Waals surface area contributed by atoms with E-state index in [0.717, 1.165) is 28.1 Å². The summed E-state index contributed by atoms with van der Waals surface area (Å²) in [6.07, 6.45) is 4.05. The molecule has 0 aliphatic carbocycles. The van der Waals surface area contributed by atoms with Gasteiger partial charge in [0.05, 0.1) is 5.69 Å². The third-order valence-corrected chi connectivity index (χ3v) is 4.81. The van der Waals surface area contributed by atoms with Gasteiger partial charge in [-0.3, -0.25) is 9.59 Å². The SMILES string of the molecule is CC(=O)Nc1ccc2c(c1)NC(=O)CC2c1ccc(-n2cccn2)cc1C. The first-order valence-corrected chi connectivity index (χ1v) is 8.83. The van der Waals surface area contributed by atoms with Crippen molar-refractivity contribution in [2.45, 2.75) is 26.2 Å². The number of nitrogens with one attached hydrogen (secondary N) is 2. The molecule has 1 atom stereocenters. The molecule has 0 fully saturated rings. The van der Waals surface area contributed by atoms with Gasteiger partial charge in [-0.2, -0.15) is 5.10 Å². The Morgan fingerprint density at radius 2 is 2.04 bits per heavy atom. The number of amides is 2. The second kappa shape index (κ2) is 6.72. The quantitative estimate of drug-likeness (QED) is 0.749. The molecule has 6 heteroatoms. The first-order chi connectivity index (χ1) is 13.0. The van der Waals surface area contributed by atoms with Gasteiger partial charge < -0.3 is 10.6 Å². The van der Waals surface area contributed by atoms with Gasteiger partial charge in [-0.25, -0.2) is 4.68 Å². The van der Waals surface area contributed by atoms with Crippen LogP contribution >= 0.6 is 0 Å². The van der Waals surface area contributed by atoms with Crippen LogP contribution in [0.3, 0.4) is 0 Å². The lowest BCUT2D eigenvalue weighted by Gasteiger charge is -2.28. The van der Waals surface area contributed by atoms with E-state index in [9.17, 15) is 9.59 Å². The molecule has 2 amide bonds. The summed E-state index contributed by atoms with van der Waals surface area (Å²) in [6.45, 7) is 3.52. The number of nitrogens with zero attached hydrogens (tertiary/aromatic N) is 2. The molecule has 1 aliphatic rings. The largest absolute Gasteiger partial charge is 0.326 e. The number of hydrogen-bond acceptors (Lipinski definition) is 3. The van der Waals surface area contributed by atoms with E-state index in [2.05, 4.69) is 34.8 Å². The van der Waals surface area contributed by atoms with Gasteiger partial charge in [0.2, 0.25) is 11.8 Å². The molecule has 0 bridgehead atoms. The third-order valence-electron chi connectivity index (χ3n) is 4.81. The van der Waals surface area contributed by atoms with Gasteiger partial charge in [-0.1, -0.05) is 12.1 Å². The number of carbonyl (C=O) groups excluding carboxylic acids is 2. The lowest BCUT2D eigenvalue weighted by molar-refractivity contribution is -0.116. The maximum Gasteiger partial charge on any atom is 0.225 e. The molecule has 6 nitrogen and oxygen atoms in total. The van der Waals surface area contributed by atoms with Crippen molar-refractivity contribution in [2.24, 2.45) is 0 Å². The minimum Gasteiger partial charge on any atom is -0.326 e. The fourth-order valence-corrected chi connectivity index (χ4v) is 3.64. The molecule has 1 aromatic heterocycles. The molecule has 0 saturated carbocycles. The predicted octanol–water partition coefficient (Wildman–Crippen LogP) is 3.61. The molecular formula is C21H20N4O2. The zero-order valence-electron chi connectivity index (χ0n) is 15.2. The summed E-state index contributed by atoms with van der Waals surface area (Å²) in [4.78, 5) is 23.6. The van der Waals surface area contributed by atoms with Crippen molar-refractivity contribution in [3.63, 3.8) is 0 Å². The zero-order valence-corrected chi connectivity index (χ0v) is 15.2. The summed E-state index contributed by atoms with van der Waals surface area (Å²) in [5.74, 6) is -0.187. The van der Waals surface area contributed by atoms with Crippen LogP contribution < -0.4 is 10.6 Å². The van der Waals surface area contributed by atoms with Crippen LogP contribution in [0.2, 0.25) is 0 Å². The smallest absolute Gasteiger partial charge is 0.225 e. The number of anilines is 2. The maximum absolute atomic E-state index is 12.3. The van der Waals surface area contributed by atoms with Crippen molar-refractivity contribution in [3.05, 3.63) is 71.5 Å². The number of carbonyl (C=O) groups is 2. The molecule has 0 saturated heterocycles. The summed E-state index contributed by atoms with van der Waals surface area (Å²) < 4.78 is 1.82. The number of rotatable bonds is 3. The highest BCUT2D eigenvalue weighted by Crippen LogP contribution is 2.39. The van der Waals surface area contributed by atoms with Crippen LogP contribution in [0.4, 0.5) is 11.4 Å². The van der Waals surface area contributed by atoms with Gasteiger partial charge in [0, 0.05) is 43.0 Å². The average molecular weight is 360 g/mol. The van der Waals surface area contributed by atoms with Crippen molar-refractivity contribution in [1.29, 1.82) is 0 Å². The van der Waals surface area contributed by atoms with Crippen molar-refractivity contribution >= 4 is 23.2 Å². The Morgan fingerprint density at radius 3 is 2.74 bits per heavy atom. The number of fused-ring (bicyclic) bond motifs is 1. The summed E-state index contributed by atoms with van der Waals surface area (Å²) in [5.41, 5.74) is 5.70. The van der Waals surface area contributed by atoms with E-state index in [1.165, 1.54) is 6.92 Å². The highest BCUT2D eigenvalue weighted by atomic mass is 16.2. The second-order valence-electron chi connectivity index (χ2n) is 6.78. The molecule has 3 aromatic rings. The Bertz CT molecular complexity index is 1020. The predicted molar refractivity (Wildman–Crippen MR) is 104 cm³/mol. The normalized spacial score (nSPS) is 15.8. The topological polar surface area (TPSA) is 76.0 Å². The van der Waals surface area contributed by atoms with Crippen molar-refractivity contribution in [1.82, 2.24) is 9.78 Å². The van der Waals surface area contributed by atoms with Crippen LogP contribution in [0.25, 0.3) is 5.69 Å². The molecule has 2 heterocycles. The standard InChI is InChI=1S/C21H20N4O2/c1-13-10-16(25-9-3-8-22-25)5-7-17(13)19-12-21(27)24-20-11-15(23-14(2)26)4-6-18(19)20/h3-11,19H,12H2,1-2H3,(H,23,26)(H,24,27).